The molecule has 0 aliphatic heterocycles. The van der Waals surface area contributed by atoms with Crippen LogP contribution in [0.5, 0.6) is 0 Å². The van der Waals surface area contributed by atoms with Crippen molar-refractivity contribution >= 4 is 23.7 Å². The van der Waals surface area contributed by atoms with Crippen molar-refractivity contribution in [2.45, 2.75) is 56.8 Å². The van der Waals surface area contributed by atoms with E-state index in [4.69, 9.17) is 16.6 Å². The number of carboxylic acid groups (broad SMARTS) is 1. The van der Waals surface area contributed by atoms with Gasteiger partial charge < -0.3 is 42.6 Å². The van der Waals surface area contributed by atoms with Crippen molar-refractivity contribution in [1.82, 2.24) is 25.9 Å². The third-order valence-electron chi connectivity index (χ3n) is 4.43. The third-order valence-corrected chi connectivity index (χ3v) is 4.43. The maximum atomic E-state index is 12.9. The van der Waals surface area contributed by atoms with Crippen molar-refractivity contribution < 1.29 is 29.4 Å². The lowest BCUT2D eigenvalue weighted by Crippen LogP contribution is -2.58. The molecule has 0 fully saturated rings. The summed E-state index contributed by atoms with van der Waals surface area (Å²) in [5.74, 6) is -3.31. The Balaban J connectivity index is 2.93. The maximum absolute atomic E-state index is 12.9. The van der Waals surface area contributed by atoms with Crippen molar-refractivity contribution in [1.29, 1.82) is 0 Å². The second-order valence-electron chi connectivity index (χ2n) is 7.07. The van der Waals surface area contributed by atoms with Crippen molar-refractivity contribution in [2.24, 2.45) is 11.5 Å². The molecule has 0 radical (unpaired) electrons. The van der Waals surface area contributed by atoms with Gasteiger partial charge in [0.2, 0.25) is 17.7 Å². The molecule has 4 unspecified atom stereocenters. The number of nitrogens with one attached hydrogen (secondary N) is 4. The van der Waals surface area contributed by atoms with Crippen LogP contribution in [0.1, 0.15) is 31.9 Å². The predicted molar refractivity (Wildman–Crippen MR) is 109 cm³/mol. The van der Waals surface area contributed by atoms with Gasteiger partial charge in [0.1, 0.15) is 24.7 Å². The molecule has 1 aromatic heterocycles. The first kappa shape index (κ1) is 26.0. The number of amides is 3. The summed E-state index contributed by atoms with van der Waals surface area (Å²) in [6.07, 6.45) is 3.12. The molecule has 0 saturated carbocycles. The molecule has 174 valence electrons. The number of aliphatic hydroxyl groups is 1. The van der Waals surface area contributed by atoms with E-state index in [1.54, 1.807) is 0 Å². The number of rotatable bonds is 14. The number of aliphatic carboxylic acids is 1. The van der Waals surface area contributed by atoms with Crippen LogP contribution in [0.25, 0.3) is 0 Å². The minimum Gasteiger partial charge on any atom is -0.480 e. The van der Waals surface area contributed by atoms with Gasteiger partial charge in [-0.15, -0.1) is 0 Å². The van der Waals surface area contributed by atoms with Crippen LogP contribution >= 0.6 is 0 Å². The lowest BCUT2D eigenvalue weighted by atomic mass is 10.1. The number of nitrogens with zero attached hydrogens (tertiary/aromatic N) is 1. The molecule has 4 atom stereocenters. The molecule has 0 aliphatic carbocycles. The second-order valence-corrected chi connectivity index (χ2v) is 7.07. The molecule has 13 nitrogen and oxygen atoms in total. The lowest BCUT2D eigenvalue weighted by molar-refractivity contribution is -0.138. The van der Waals surface area contributed by atoms with E-state index in [0.29, 0.717) is 25.1 Å². The number of H-pyrrole nitrogens is 1. The van der Waals surface area contributed by atoms with Crippen LogP contribution in [0.3, 0.4) is 0 Å². The van der Waals surface area contributed by atoms with E-state index >= 15 is 0 Å². The van der Waals surface area contributed by atoms with Gasteiger partial charge in [-0.1, -0.05) is 0 Å². The quantitative estimate of drug-likeness (QED) is 0.137. The largest absolute Gasteiger partial charge is 0.480 e. The fraction of sp³-hybridized carbons (Fsp3) is 0.611. The number of unbranched alkanes of at least 4 members (excludes halogenated alkanes) is 1. The number of carboxylic acids is 1. The summed E-state index contributed by atoms with van der Waals surface area (Å²) in [6.45, 7) is 1.14. The van der Waals surface area contributed by atoms with E-state index in [1.807, 2.05) is 0 Å². The zero-order valence-electron chi connectivity index (χ0n) is 17.3. The predicted octanol–water partition coefficient (Wildman–Crippen LogP) is -3.04. The summed E-state index contributed by atoms with van der Waals surface area (Å²) in [7, 11) is 0. The Morgan fingerprint density at radius 1 is 1.13 bits per heavy atom. The molecule has 0 saturated heterocycles. The molecule has 3 amide bonds. The SMILES string of the molecule is CC(O)C(N)C(=O)NC(Cc1cnc[nH]1)C(=O)NC(CCCCN)C(=O)NCC(=O)O. The van der Waals surface area contributed by atoms with Crippen molar-refractivity contribution in [3.8, 4) is 0 Å². The first-order valence-corrected chi connectivity index (χ1v) is 9.86. The van der Waals surface area contributed by atoms with Gasteiger partial charge in [0.15, 0.2) is 0 Å². The molecule has 1 rings (SSSR count). The first-order valence-electron chi connectivity index (χ1n) is 9.86. The summed E-state index contributed by atoms with van der Waals surface area (Å²) in [6, 6.07) is -3.40. The van der Waals surface area contributed by atoms with E-state index < -0.39 is 54.5 Å². The molecule has 0 aliphatic rings. The van der Waals surface area contributed by atoms with Gasteiger partial charge in [-0.2, -0.15) is 0 Å². The number of imidazole rings is 1. The number of carbonyl (C=O) groups excluding carboxylic acids is 3. The zero-order valence-corrected chi connectivity index (χ0v) is 17.3. The normalized spacial score (nSPS) is 14.7. The van der Waals surface area contributed by atoms with Gasteiger partial charge in [0.05, 0.1) is 12.4 Å². The highest BCUT2D eigenvalue weighted by molar-refractivity contribution is 5.93. The molecule has 13 heteroatoms. The Hall–Kier alpha value is -3.03. The van der Waals surface area contributed by atoms with Gasteiger partial charge in [-0.05, 0) is 32.7 Å². The highest BCUT2D eigenvalue weighted by atomic mass is 16.4. The van der Waals surface area contributed by atoms with E-state index in [0.717, 1.165) is 0 Å². The topological polar surface area (TPSA) is 226 Å². The number of aromatic nitrogens is 2. The minimum atomic E-state index is -1.25. The Morgan fingerprint density at radius 2 is 1.81 bits per heavy atom. The monoisotopic (exact) mass is 441 g/mol. The van der Waals surface area contributed by atoms with Gasteiger partial charge in [0, 0.05) is 18.3 Å². The van der Waals surface area contributed by atoms with Crippen molar-refractivity contribution in [2.75, 3.05) is 13.1 Å². The lowest BCUT2D eigenvalue weighted by Gasteiger charge is -2.24. The van der Waals surface area contributed by atoms with E-state index in [1.165, 1.54) is 19.4 Å². The van der Waals surface area contributed by atoms with Gasteiger partial charge >= 0.3 is 5.97 Å². The van der Waals surface area contributed by atoms with Crippen molar-refractivity contribution in [3.63, 3.8) is 0 Å². The number of carbonyl (C=O) groups is 4. The van der Waals surface area contributed by atoms with E-state index in [-0.39, 0.29) is 12.8 Å². The molecule has 10 N–H and O–H groups in total. The summed E-state index contributed by atoms with van der Waals surface area (Å²) in [5.41, 5.74) is 11.6. The highest BCUT2D eigenvalue weighted by Gasteiger charge is 2.29. The van der Waals surface area contributed by atoms with Crippen LogP contribution in [0.4, 0.5) is 0 Å². The van der Waals surface area contributed by atoms with Crippen LogP contribution < -0.4 is 27.4 Å². The number of nitrogens with two attached hydrogens (primary N) is 2. The summed E-state index contributed by atoms with van der Waals surface area (Å²) < 4.78 is 0. The third kappa shape index (κ3) is 9.55. The molecule has 0 bridgehead atoms. The molecule has 1 heterocycles. The molecular formula is C18H31N7O6. The number of aromatic amines is 1. The molecular weight excluding hydrogens is 410 g/mol. The Kier molecular flexibility index (Phi) is 11.2. The van der Waals surface area contributed by atoms with Crippen LogP contribution in [0.15, 0.2) is 12.5 Å². The van der Waals surface area contributed by atoms with Crippen LogP contribution in [0.2, 0.25) is 0 Å². The van der Waals surface area contributed by atoms with Crippen LogP contribution in [-0.4, -0.2) is 81.2 Å². The fourth-order valence-corrected chi connectivity index (χ4v) is 2.63. The van der Waals surface area contributed by atoms with Gasteiger partial charge in [-0.3, -0.25) is 19.2 Å². The Labute approximate surface area is 179 Å². The summed E-state index contributed by atoms with van der Waals surface area (Å²) in [5, 5.41) is 25.5. The van der Waals surface area contributed by atoms with Crippen molar-refractivity contribution in [3.05, 3.63) is 18.2 Å². The second kappa shape index (κ2) is 13.3. The summed E-state index contributed by atoms with van der Waals surface area (Å²) >= 11 is 0. The first-order chi connectivity index (χ1) is 14.6. The standard InChI is InChI=1S/C18H31N7O6/c1-10(26)15(20)18(31)25-13(6-11-7-21-9-23-11)17(30)24-12(4-2-3-5-19)16(29)22-8-14(27)28/h7,9-10,12-13,15,26H,2-6,8,19-20H2,1H3,(H,21,23)(H,22,29)(H,24,30)(H,25,31)(H,27,28). The molecule has 1 aromatic rings. The molecule has 0 aromatic carbocycles. The fourth-order valence-electron chi connectivity index (χ4n) is 2.63. The smallest absolute Gasteiger partial charge is 0.322 e. The zero-order chi connectivity index (χ0) is 23.4. The average Bonchev–Trinajstić information content (AvgIpc) is 3.23. The Morgan fingerprint density at radius 3 is 2.35 bits per heavy atom. The summed E-state index contributed by atoms with van der Waals surface area (Å²) in [4.78, 5) is 54.9. The molecule has 0 spiro atoms. The molecule has 31 heavy (non-hydrogen) atoms. The maximum Gasteiger partial charge on any atom is 0.322 e. The van der Waals surface area contributed by atoms with Crippen LogP contribution in [0, 0.1) is 0 Å². The number of aliphatic hydroxyl groups excluding tert-OH is 1. The van der Waals surface area contributed by atoms with Gasteiger partial charge in [-0.25, -0.2) is 4.98 Å². The van der Waals surface area contributed by atoms with Gasteiger partial charge in [0.25, 0.3) is 0 Å². The van der Waals surface area contributed by atoms with Crippen LogP contribution in [-0.2, 0) is 25.6 Å². The average molecular weight is 441 g/mol. The highest BCUT2D eigenvalue weighted by Crippen LogP contribution is 2.05. The number of hydrogen-bond donors (Lipinski definition) is 8. The van der Waals surface area contributed by atoms with E-state index in [9.17, 15) is 24.3 Å². The Bertz CT molecular complexity index is 725. The number of hydrogen-bond acceptors (Lipinski definition) is 8. The minimum absolute atomic E-state index is 0.0242. The van der Waals surface area contributed by atoms with E-state index in [2.05, 4.69) is 25.9 Å².